The molecule has 4 rings (SSSR count). The van der Waals surface area contributed by atoms with Gasteiger partial charge in [-0.1, -0.05) is 60.7 Å². The van der Waals surface area contributed by atoms with Crippen LogP contribution < -0.4 is 4.74 Å². The van der Waals surface area contributed by atoms with Gasteiger partial charge in [-0.3, -0.25) is 9.69 Å². The predicted octanol–water partition coefficient (Wildman–Crippen LogP) is 7.95. The molecule has 44 heavy (non-hydrogen) atoms. The first-order valence-electron chi connectivity index (χ1n) is 14.3. The number of hydrogen-bond acceptors (Lipinski definition) is 4. The zero-order valence-electron chi connectivity index (χ0n) is 24.1. The van der Waals surface area contributed by atoms with Crippen molar-refractivity contribution in [2.75, 3.05) is 13.1 Å². The number of aromatic carboxylic acids is 1. The summed E-state index contributed by atoms with van der Waals surface area (Å²) < 4.78 is 44.7. The highest BCUT2D eigenvalue weighted by Crippen LogP contribution is 2.31. The molecule has 0 heterocycles. The fraction of sp³-hybridized carbons (Fsp3) is 0.257. The highest BCUT2D eigenvalue weighted by Gasteiger charge is 2.30. The Morgan fingerprint density at radius 2 is 1.34 bits per heavy atom. The van der Waals surface area contributed by atoms with Crippen LogP contribution >= 0.6 is 0 Å². The van der Waals surface area contributed by atoms with Crippen LogP contribution in [-0.4, -0.2) is 40.1 Å². The van der Waals surface area contributed by atoms with Crippen LogP contribution in [-0.2, 0) is 30.5 Å². The van der Waals surface area contributed by atoms with Crippen LogP contribution in [0, 0.1) is 0 Å². The van der Waals surface area contributed by atoms with Crippen LogP contribution in [0.5, 0.6) is 5.75 Å². The first kappa shape index (κ1) is 32.3. The van der Waals surface area contributed by atoms with E-state index >= 15 is 0 Å². The largest absolute Gasteiger partial charge is 0.489 e. The summed E-state index contributed by atoms with van der Waals surface area (Å²) in [6, 6.07) is 27.0. The van der Waals surface area contributed by atoms with Gasteiger partial charge in [-0.15, -0.1) is 0 Å². The molecule has 0 saturated heterocycles. The summed E-state index contributed by atoms with van der Waals surface area (Å²) in [5, 5.41) is 18.2. The first-order chi connectivity index (χ1) is 21.1. The quantitative estimate of drug-likeness (QED) is 0.134. The van der Waals surface area contributed by atoms with Gasteiger partial charge in [0.25, 0.3) is 0 Å². The zero-order chi connectivity index (χ0) is 31.5. The highest BCUT2D eigenvalue weighted by atomic mass is 19.4. The van der Waals surface area contributed by atoms with Gasteiger partial charge in [-0.05, 0) is 90.0 Å². The van der Waals surface area contributed by atoms with Gasteiger partial charge in [0, 0.05) is 19.5 Å². The lowest BCUT2D eigenvalue weighted by atomic mass is 10.0. The van der Waals surface area contributed by atoms with E-state index in [0.717, 1.165) is 47.2 Å². The van der Waals surface area contributed by atoms with Crippen molar-refractivity contribution in [1.82, 2.24) is 4.90 Å². The Morgan fingerprint density at radius 1 is 0.727 bits per heavy atom. The Morgan fingerprint density at radius 3 is 1.93 bits per heavy atom. The number of nitrogens with zero attached hydrogens (tertiary/aromatic N) is 1. The molecule has 4 aromatic carbocycles. The maximum atomic E-state index is 12.9. The number of carboxylic acid groups (broad SMARTS) is 2. The molecule has 2 N–H and O–H groups in total. The number of hydrogen-bond donors (Lipinski definition) is 2. The standard InChI is InChI=1S/C35H34F3NO5/c36-35(37,38)31-16-12-27(13-17-31)28-14-18-32(19-15-28)44-24-30-6-2-1-5-26(30)20-22-39(21-4-3-7-33(40)41)23-25-8-10-29(11-9-25)34(42)43/h1-2,5-6,8-19H,3-4,7,20-24H2,(H,40,41)(H,42,43). The van der Waals surface area contributed by atoms with Crippen LogP contribution in [0.3, 0.4) is 0 Å². The number of halogens is 3. The van der Waals surface area contributed by atoms with Crippen molar-refractivity contribution in [3.63, 3.8) is 0 Å². The molecule has 230 valence electrons. The third kappa shape index (κ3) is 9.70. The van der Waals surface area contributed by atoms with E-state index in [1.165, 1.54) is 12.1 Å². The third-order valence-corrected chi connectivity index (χ3v) is 7.33. The summed E-state index contributed by atoms with van der Waals surface area (Å²) in [6.07, 6.45) is -2.22. The SMILES string of the molecule is O=C(O)CCCCN(CCc1ccccc1COc1ccc(-c2ccc(C(F)(F)F)cc2)cc1)Cc1ccc(C(=O)O)cc1. The smallest absolute Gasteiger partial charge is 0.416 e. The minimum atomic E-state index is -4.37. The van der Waals surface area contributed by atoms with Gasteiger partial charge in [-0.2, -0.15) is 13.2 Å². The predicted molar refractivity (Wildman–Crippen MR) is 162 cm³/mol. The second-order valence-corrected chi connectivity index (χ2v) is 10.5. The monoisotopic (exact) mass is 605 g/mol. The fourth-order valence-corrected chi connectivity index (χ4v) is 4.87. The summed E-state index contributed by atoms with van der Waals surface area (Å²) in [5.41, 5.74) is 4.12. The van der Waals surface area contributed by atoms with E-state index in [0.29, 0.717) is 44.0 Å². The molecule has 0 atom stereocenters. The number of benzene rings is 4. The van der Waals surface area contributed by atoms with Gasteiger partial charge in [0.1, 0.15) is 12.4 Å². The van der Waals surface area contributed by atoms with Gasteiger partial charge in [0.2, 0.25) is 0 Å². The van der Waals surface area contributed by atoms with E-state index in [1.807, 2.05) is 30.3 Å². The number of carboxylic acids is 2. The van der Waals surface area contributed by atoms with Crippen LogP contribution in [0.15, 0.2) is 97.1 Å². The van der Waals surface area contributed by atoms with Gasteiger partial charge >= 0.3 is 18.1 Å². The normalized spacial score (nSPS) is 11.5. The average molecular weight is 606 g/mol. The van der Waals surface area contributed by atoms with E-state index in [4.69, 9.17) is 9.84 Å². The number of alkyl halides is 3. The molecule has 4 aromatic rings. The number of ether oxygens (including phenoxy) is 1. The average Bonchev–Trinajstić information content (AvgIpc) is 3.01. The van der Waals surface area contributed by atoms with Crippen molar-refractivity contribution in [3.05, 3.63) is 125 Å². The molecular weight excluding hydrogens is 571 g/mol. The molecule has 0 spiro atoms. The summed E-state index contributed by atoms with van der Waals surface area (Å²) in [5.74, 6) is -1.15. The molecule has 0 aromatic heterocycles. The van der Waals surface area contributed by atoms with Crippen LogP contribution in [0.4, 0.5) is 13.2 Å². The second kappa shape index (κ2) is 15.2. The number of rotatable bonds is 15. The van der Waals surface area contributed by atoms with E-state index in [9.17, 15) is 27.9 Å². The van der Waals surface area contributed by atoms with Gasteiger partial charge in [0.05, 0.1) is 11.1 Å². The maximum absolute atomic E-state index is 12.9. The molecule has 0 aliphatic heterocycles. The number of aliphatic carboxylic acids is 1. The third-order valence-electron chi connectivity index (χ3n) is 7.33. The van der Waals surface area contributed by atoms with Gasteiger partial charge < -0.3 is 14.9 Å². The molecule has 0 fully saturated rings. The summed E-state index contributed by atoms with van der Waals surface area (Å²) in [6.45, 7) is 2.37. The summed E-state index contributed by atoms with van der Waals surface area (Å²) in [7, 11) is 0. The van der Waals surface area contributed by atoms with E-state index in [-0.39, 0.29) is 12.0 Å². The Balaban J connectivity index is 1.37. The van der Waals surface area contributed by atoms with Crippen molar-refractivity contribution in [1.29, 1.82) is 0 Å². The Labute approximate surface area is 254 Å². The molecule has 0 radical (unpaired) electrons. The molecule has 9 heteroatoms. The summed E-state index contributed by atoms with van der Waals surface area (Å²) in [4.78, 5) is 24.4. The van der Waals surface area contributed by atoms with Crippen molar-refractivity contribution in [2.45, 2.75) is 45.0 Å². The molecule has 0 amide bonds. The lowest BCUT2D eigenvalue weighted by Crippen LogP contribution is -2.27. The molecule has 0 unspecified atom stereocenters. The fourth-order valence-electron chi connectivity index (χ4n) is 4.87. The molecular formula is C35H34F3NO5. The second-order valence-electron chi connectivity index (χ2n) is 10.5. The Bertz CT molecular complexity index is 1520. The Hall–Kier alpha value is -4.63. The molecule has 0 aliphatic rings. The lowest BCUT2D eigenvalue weighted by molar-refractivity contribution is -0.138. The molecule has 0 saturated carbocycles. The lowest BCUT2D eigenvalue weighted by Gasteiger charge is -2.23. The highest BCUT2D eigenvalue weighted by molar-refractivity contribution is 5.87. The number of carbonyl (C=O) groups is 2. The van der Waals surface area contributed by atoms with Crippen LogP contribution in [0.2, 0.25) is 0 Å². The van der Waals surface area contributed by atoms with E-state index in [2.05, 4.69) is 11.0 Å². The minimum Gasteiger partial charge on any atom is -0.489 e. The molecule has 0 aliphatic carbocycles. The van der Waals surface area contributed by atoms with Gasteiger partial charge in [0.15, 0.2) is 0 Å². The topological polar surface area (TPSA) is 87.1 Å². The van der Waals surface area contributed by atoms with Crippen molar-refractivity contribution in [3.8, 4) is 16.9 Å². The summed E-state index contributed by atoms with van der Waals surface area (Å²) >= 11 is 0. The Kier molecular flexibility index (Phi) is 11.2. The van der Waals surface area contributed by atoms with Gasteiger partial charge in [-0.25, -0.2) is 4.79 Å². The number of unbranched alkanes of at least 4 members (excludes halogenated alkanes) is 1. The van der Waals surface area contributed by atoms with Crippen molar-refractivity contribution < 1.29 is 37.7 Å². The van der Waals surface area contributed by atoms with E-state index < -0.39 is 23.7 Å². The molecule has 0 bridgehead atoms. The van der Waals surface area contributed by atoms with Crippen LogP contribution in [0.1, 0.15) is 51.9 Å². The minimum absolute atomic E-state index is 0.118. The van der Waals surface area contributed by atoms with Crippen molar-refractivity contribution >= 4 is 11.9 Å². The first-order valence-corrected chi connectivity index (χ1v) is 14.3. The van der Waals surface area contributed by atoms with Crippen LogP contribution in [0.25, 0.3) is 11.1 Å². The zero-order valence-corrected chi connectivity index (χ0v) is 24.1. The van der Waals surface area contributed by atoms with E-state index in [1.54, 1.807) is 36.4 Å². The van der Waals surface area contributed by atoms with Crippen molar-refractivity contribution in [2.24, 2.45) is 0 Å². The maximum Gasteiger partial charge on any atom is 0.416 e. The molecule has 6 nitrogen and oxygen atoms in total.